The number of aliphatic hydroxyl groups is 1. The first-order valence-electron chi connectivity index (χ1n) is 5.96. The maximum absolute atomic E-state index is 11.3. The van der Waals surface area contributed by atoms with Crippen LogP contribution < -0.4 is 15.4 Å². The van der Waals surface area contributed by atoms with Crippen molar-refractivity contribution in [3.05, 3.63) is 29.8 Å². The van der Waals surface area contributed by atoms with Crippen molar-refractivity contribution in [3.63, 3.8) is 0 Å². The summed E-state index contributed by atoms with van der Waals surface area (Å²) in [7, 11) is 0. The van der Waals surface area contributed by atoms with Crippen LogP contribution in [0.25, 0.3) is 0 Å². The maximum Gasteiger partial charge on any atom is 0.315 e. The van der Waals surface area contributed by atoms with E-state index in [9.17, 15) is 4.79 Å². The predicted octanol–water partition coefficient (Wildman–Crippen LogP) is 1.05. The number of ether oxygens (including phenoxy) is 1. The monoisotopic (exact) mass is 252 g/mol. The normalized spacial score (nSPS) is 11.7. The van der Waals surface area contributed by atoms with Gasteiger partial charge >= 0.3 is 6.03 Å². The van der Waals surface area contributed by atoms with Crippen molar-refractivity contribution in [1.29, 1.82) is 0 Å². The van der Waals surface area contributed by atoms with Gasteiger partial charge in [-0.1, -0.05) is 12.1 Å². The van der Waals surface area contributed by atoms with Gasteiger partial charge in [-0.15, -0.1) is 0 Å². The molecule has 3 N–H and O–H groups in total. The van der Waals surface area contributed by atoms with E-state index in [0.29, 0.717) is 6.61 Å². The Labute approximate surface area is 107 Å². The molecule has 0 aliphatic carbocycles. The van der Waals surface area contributed by atoms with E-state index in [-0.39, 0.29) is 25.2 Å². The molecule has 0 aromatic heterocycles. The van der Waals surface area contributed by atoms with Crippen LogP contribution in [0, 0.1) is 6.92 Å². The zero-order valence-electron chi connectivity index (χ0n) is 10.8. The second-order valence-electron chi connectivity index (χ2n) is 4.15. The zero-order chi connectivity index (χ0) is 13.4. The van der Waals surface area contributed by atoms with Crippen LogP contribution in [-0.2, 0) is 0 Å². The highest BCUT2D eigenvalue weighted by Gasteiger charge is 2.07. The first-order valence-corrected chi connectivity index (χ1v) is 5.96. The van der Waals surface area contributed by atoms with Crippen molar-refractivity contribution >= 4 is 6.03 Å². The Morgan fingerprint density at radius 2 is 2.28 bits per heavy atom. The number of nitrogens with one attached hydrogen (secondary N) is 2. The Kier molecular flexibility index (Phi) is 6.00. The van der Waals surface area contributed by atoms with Crippen LogP contribution in [0.4, 0.5) is 4.79 Å². The van der Waals surface area contributed by atoms with E-state index in [1.54, 1.807) is 0 Å². The van der Waals surface area contributed by atoms with E-state index >= 15 is 0 Å². The van der Waals surface area contributed by atoms with Crippen LogP contribution in [0.5, 0.6) is 5.75 Å². The van der Waals surface area contributed by atoms with E-state index in [0.717, 1.165) is 11.3 Å². The van der Waals surface area contributed by atoms with Crippen LogP contribution in [0.1, 0.15) is 12.5 Å². The SMILES string of the molecule is Cc1cccc(OCC(C)NC(=O)NCCO)c1. The molecule has 2 amide bonds. The van der Waals surface area contributed by atoms with Gasteiger partial charge in [-0.25, -0.2) is 4.79 Å². The lowest BCUT2D eigenvalue weighted by Crippen LogP contribution is -2.44. The summed E-state index contributed by atoms with van der Waals surface area (Å²) in [4.78, 5) is 11.3. The molecule has 1 atom stereocenters. The first-order chi connectivity index (χ1) is 8.61. The summed E-state index contributed by atoms with van der Waals surface area (Å²) in [5, 5.41) is 13.8. The minimum absolute atomic E-state index is 0.0679. The number of aryl methyl sites for hydroxylation is 1. The summed E-state index contributed by atoms with van der Waals surface area (Å²) in [6, 6.07) is 7.34. The summed E-state index contributed by atoms with van der Waals surface area (Å²) in [6.07, 6.45) is 0. The van der Waals surface area contributed by atoms with Crippen LogP contribution in [0.2, 0.25) is 0 Å². The highest BCUT2D eigenvalue weighted by atomic mass is 16.5. The molecule has 0 bridgehead atoms. The number of amides is 2. The van der Waals surface area contributed by atoms with Crippen molar-refractivity contribution in [3.8, 4) is 5.75 Å². The molecule has 1 unspecified atom stereocenters. The minimum Gasteiger partial charge on any atom is -0.491 e. The van der Waals surface area contributed by atoms with Crippen molar-refractivity contribution in [2.24, 2.45) is 0 Å². The molecular formula is C13H20N2O3. The number of carbonyl (C=O) groups is 1. The lowest BCUT2D eigenvalue weighted by atomic mass is 10.2. The molecule has 0 fully saturated rings. The molecule has 0 radical (unpaired) electrons. The second kappa shape index (κ2) is 7.55. The third-order valence-electron chi connectivity index (χ3n) is 2.26. The molecular weight excluding hydrogens is 232 g/mol. The lowest BCUT2D eigenvalue weighted by molar-refractivity contribution is 0.221. The molecule has 1 aromatic carbocycles. The molecule has 0 heterocycles. The van der Waals surface area contributed by atoms with Crippen LogP contribution in [0.3, 0.4) is 0 Å². The summed E-state index contributed by atoms with van der Waals surface area (Å²) in [5.41, 5.74) is 1.13. The molecule has 0 saturated heterocycles. The third-order valence-corrected chi connectivity index (χ3v) is 2.26. The molecule has 0 aliphatic rings. The number of rotatable bonds is 6. The van der Waals surface area contributed by atoms with E-state index in [1.807, 2.05) is 38.1 Å². The van der Waals surface area contributed by atoms with E-state index in [1.165, 1.54) is 0 Å². The molecule has 18 heavy (non-hydrogen) atoms. The third kappa shape index (κ3) is 5.54. The fourth-order valence-electron chi connectivity index (χ4n) is 1.41. The topological polar surface area (TPSA) is 70.6 Å². The smallest absolute Gasteiger partial charge is 0.315 e. The summed E-state index contributed by atoms with van der Waals surface area (Å²) in [6.45, 7) is 4.43. The van der Waals surface area contributed by atoms with Gasteiger partial charge in [-0.05, 0) is 31.5 Å². The summed E-state index contributed by atoms with van der Waals surface area (Å²) >= 11 is 0. The molecule has 0 saturated carbocycles. The molecule has 1 aromatic rings. The molecule has 5 nitrogen and oxygen atoms in total. The molecule has 1 rings (SSSR count). The Morgan fingerprint density at radius 3 is 2.94 bits per heavy atom. The van der Waals surface area contributed by atoms with Crippen molar-refractivity contribution < 1.29 is 14.6 Å². The number of benzene rings is 1. The van der Waals surface area contributed by atoms with Gasteiger partial charge in [-0.3, -0.25) is 0 Å². The van der Waals surface area contributed by atoms with Crippen LogP contribution in [0.15, 0.2) is 24.3 Å². The largest absolute Gasteiger partial charge is 0.491 e. The molecule has 100 valence electrons. The summed E-state index contributed by atoms with van der Waals surface area (Å²) in [5.74, 6) is 0.791. The van der Waals surface area contributed by atoms with Crippen molar-refractivity contribution in [2.75, 3.05) is 19.8 Å². The maximum atomic E-state index is 11.3. The van der Waals surface area contributed by atoms with Gasteiger partial charge in [0.1, 0.15) is 12.4 Å². The van der Waals surface area contributed by atoms with E-state index in [4.69, 9.17) is 9.84 Å². The molecule has 0 aliphatic heterocycles. The number of aliphatic hydroxyl groups excluding tert-OH is 1. The average Bonchev–Trinajstić information content (AvgIpc) is 2.34. The van der Waals surface area contributed by atoms with Gasteiger partial charge in [0, 0.05) is 6.54 Å². The number of hydrogen-bond acceptors (Lipinski definition) is 3. The average molecular weight is 252 g/mol. The Balaban J connectivity index is 2.28. The van der Waals surface area contributed by atoms with Crippen LogP contribution >= 0.6 is 0 Å². The van der Waals surface area contributed by atoms with Gasteiger partial charge in [0.15, 0.2) is 0 Å². The predicted molar refractivity (Wildman–Crippen MR) is 69.8 cm³/mol. The van der Waals surface area contributed by atoms with Gasteiger partial charge < -0.3 is 20.5 Å². The summed E-state index contributed by atoms with van der Waals surface area (Å²) < 4.78 is 5.56. The molecule has 0 spiro atoms. The fourth-order valence-corrected chi connectivity index (χ4v) is 1.41. The molecule has 5 heteroatoms. The Morgan fingerprint density at radius 1 is 1.50 bits per heavy atom. The quantitative estimate of drug-likeness (QED) is 0.709. The number of carbonyl (C=O) groups excluding carboxylic acids is 1. The van der Waals surface area contributed by atoms with Crippen LogP contribution in [-0.4, -0.2) is 36.9 Å². The second-order valence-corrected chi connectivity index (χ2v) is 4.15. The van der Waals surface area contributed by atoms with Crippen molar-refractivity contribution in [2.45, 2.75) is 19.9 Å². The van der Waals surface area contributed by atoms with Gasteiger partial charge in [-0.2, -0.15) is 0 Å². The number of hydrogen-bond donors (Lipinski definition) is 3. The first kappa shape index (κ1) is 14.3. The van der Waals surface area contributed by atoms with Crippen molar-refractivity contribution in [1.82, 2.24) is 10.6 Å². The number of urea groups is 1. The van der Waals surface area contributed by atoms with Gasteiger partial charge in [0.05, 0.1) is 12.6 Å². The highest BCUT2D eigenvalue weighted by Crippen LogP contribution is 2.12. The van der Waals surface area contributed by atoms with E-state index < -0.39 is 0 Å². The van der Waals surface area contributed by atoms with Gasteiger partial charge in [0.25, 0.3) is 0 Å². The standard InChI is InChI=1S/C13H20N2O3/c1-10-4-3-5-12(8-10)18-9-11(2)15-13(17)14-6-7-16/h3-5,8,11,16H,6-7,9H2,1-2H3,(H2,14,15,17). The lowest BCUT2D eigenvalue weighted by Gasteiger charge is -2.15. The fraction of sp³-hybridized carbons (Fsp3) is 0.462. The highest BCUT2D eigenvalue weighted by molar-refractivity contribution is 5.74. The van der Waals surface area contributed by atoms with E-state index in [2.05, 4.69) is 10.6 Å². The van der Waals surface area contributed by atoms with Gasteiger partial charge in [0.2, 0.25) is 0 Å². The Hall–Kier alpha value is -1.75. The minimum atomic E-state index is -0.301. The Bertz CT molecular complexity index is 382. The zero-order valence-corrected chi connectivity index (χ0v) is 10.8.